The first-order valence-electron chi connectivity index (χ1n) is 6.58. The van der Waals surface area contributed by atoms with Gasteiger partial charge in [-0.05, 0) is 11.1 Å². The molecule has 0 aliphatic heterocycles. The van der Waals surface area contributed by atoms with Gasteiger partial charge >= 0.3 is 5.97 Å². The third-order valence-corrected chi connectivity index (χ3v) is 3.54. The van der Waals surface area contributed by atoms with Crippen molar-refractivity contribution in [2.24, 2.45) is 5.92 Å². The summed E-state index contributed by atoms with van der Waals surface area (Å²) >= 11 is 0. The van der Waals surface area contributed by atoms with Crippen LogP contribution in [0.5, 0.6) is 0 Å². The molecule has 0 aliphatic rings. The van der Waals surface area contributed by atoms with Crippen molar-refractivity contribution >= 4 is 5.97 Å². The molecule has 0 fully saturated rings. The molecule has 0 aliphatic carbocycles. The van der Waals surface area contributed by atoms with E-state index in [0.29, 0.717) is 0 Å². The predicted octanol–water partition coefficient (Wildman–Crippen LogP) is 3.88. The summed E-state index contributed by atoms with van der Waals surface area (Å²) in [5.74, 6) is -2.32. The van der Waals surface area contributed by atoms with E-state index in [1.165, 1.54) is 0 Å². The Morgan fingerprint density at radius 2 is 1.35 bits per heavy atom. The molecule has 0 bridgehead atoms. The van der Waals surface area contributed by atoms with E-state index in [9.17, 15) is 9.18 Å². The minimum Gasteiger partial charge on any atom is -0.479 e. The maximum atomic E-state index is 13.9. The molecule has 2 aromatic rings. The molecular weight excluding hydrogens is 255 g/mol. The summed E-state index contributed by atoms with van der Waals surface area (Å²) in [7, 11) is 0. The van der Waals surface area contributed by atoms with Gasteiger partial charge in [-0.25, -0.2) is 9.18 Å². The van der Waals surface area contributed by atoms with Crippen LogP contribution < -0.4 is 0 Å². The van der Waals surface area contributed by atoms with E-state index in [4.69, 9.17) is 5.11 Å². The van der Waals surface area contributed by atoms with Crippen molar-refractivity contribution < 1.29 is 14.3 Å². The molecule has 20 heavy (non-hydrogen) atoms. The van der Waals surface area contributed by atoms with Gasteiger partial charge in [0.15, 0.2) is 0 Å². The molecule has 0 radical (unpaired) electrons. The number of hydrogen-bond donors (Lipinski definition) is 1. The van der Waals surface area contributed by atoms with E-state index in [1.807, 2.05) is 60.7 Å². The Morgan fingerprint density at radius 1 is 0.950 bits per heavy atom. The highest BCUT2D eigenvalue weighted by Gasteiger charge is 2.32. The molecule has 3 heteroatoms. The van der Waals surface area contributed by atoms with Crippen molar-refractivity contribution in [1.82, 2.24) is 0 Å². The lowest BCUT2D eigenvalue weighted by atomic mass is 9.79. The Bertz CT molecular complexity index is 514. The quantitative estimate of drug-likeness (QED) is 0.897. The molecular formula is C17H17FO2. The van der Waals surface area contributed by atoms with Gasteiger partial charge in [0.1, 0.15) is 0 Å². The number of hydrogen-bond acceptors (Lipinski definition) is 1. The highest BCUT2D eigenvalue weighted by atomic mass is 19.1. The van der Waals surface area contributed by atoms with E-state index in [1.54, 1.807) is 6.92 Å². The van der Waals surface area contributed by atoms with E-state index in [0.717, 1.165) is 11.1 Å². The van der Waals surface area contributed by atoms with Gasteiger partial charge in [-0.1, -0.05) is 67.6 Å². The molecule has 0 saturated heterocycles. The van der Waals surface area contributed by atoms with E-state index < -0.39 is 18.1 Å². The average Bonchev–Trinajstić information content (AvgIpc) is 2.48. The van der Waals surface area contributed by atoms with Gasteiger partial charge in [-0.15, -0.1) is 0 Å². The minimum absolute atomic E-state index is 0.275. The Kier molecular flexibility index (Phi) is 4.51. The highest BCUT2D eigenvalue weighted by Crippen LogP contribution is 2.34. The van der Waals surface area contributed by atoms with Gasteiger partial charge in [-0.2, -0.15) is 0 Å². The monoisotopic (exact) mass is 272 g/mol. The number of aliphatic carboxylic acids is 1. The lowest BCUT2D eigenvalue weighted by Crippen LogP contribution is -2.28. The first-order valence-corrected chi connectivity index (χ1v) is 6.58. The Balaban J connectivity index is 2.43. The number of carboxylic acids is 1. The minimum atomic E-state index is -1.89. The third-order valence-electron chi connectivity index (χ3n) is 3.54. The number of alkyl halides is 1. The largest absolute Gasteiger partial charge is 0.479 e. The molecule has 2 atom stereocenters. The van der Waals surface area contributed by atoms with E-state index in [-0.39, 0.29) is 5.92 Å². The van der Waals surface area contributed by atoms with Gasteiger partial charge in [0, 0.05) is 11.8 Å². The lowest BCUT2D eigenvalue weighted by molar-refractivity contribution is -0.144. The van der Waals surface area contributed by atoms with Gasteiger partial charge in [-0.3, -0.25) is 0 Å². The van der Waals surface area contributed by atoms with Crippen LogP contribution in [0.2, 0.25) is 0 Å². The topological polar surface area (TPSA) is 37.3 Å². The average molecular weight is 272 g/mol. The van der Waals surface area contributed by atoms with Crippen LogP contribution in [-0.2, 0) is 4.79 Å². The molecule has 0 spiro atoms. The Hall–Kier alpha value is -2.16. The summed E-state index contributed by atoms with van der Waals surface area (Å²) in [6.45, 7) is 1.64. The fourth-order valence-corrected chi connectivity index (χ4v) is 2.51. The summed E-state index contributed by atoms with van der Waals surface area (Å²) in [6, 6.07) is 18.9. The fraction of sp³-hybridized carbons (Fsp3) is 0.235. The van der Waals surface area contributed by atoms with Crippen molar-refractivity contribution in [3.8, 4) is 0 Å². The second kappa shape index (κ2) is 6.33. The molecule has 2 rings (SSSR count). The second-order valence-electron chi connectivity index (χ2n) is 4.90. The SMILES string of the molecule is CC(C(F)C(=O)O)C(c1ccccc1)c1ccccc1. The molecule has 0 heterocycles. The molecule has 2 aromatic carbocycles. The molecule has 0 saturated carbocycles. The molecule has 2 nitrogen and oxygen atoms in total. The van der Waals surface area contributed by atoms with Crippen molar-refractivity contribution in [3.63, 3.8) is 0 Å². The van der Waals surface area contributed by atoms with Crippen molar-refractivity contribution in [2.45, 2.75) is 19.0 Å². The van der Waals surface area contributed by atoms with Crippen LogP contribution in [0.4, 0.5) is 4.39 Å². The van der Waals surface area contributed by atoms with Gasteiger partial charge in [0.25, 0.3) is 0 Å². The molecule has 0 amide bonds. The molecule has 104 valence electrons. The van der Waals surface area contributed by atoms with Crippen LogP contribution in [0.25, 0.3) is 0 Å². The first kappa shape index (κ1) is 14.3. The van der Waals surface area contributed by atoms with E-state index in [2.05, 4.69) is 0 Å². The summed E-state index contributed by atoms with van der Waals surface area (Å²) in [5, 5.41) is 8.92. The van der Waals surface area contributed by atoms with Gasteiger partial charge in [0.05, 0.1) is 0 Å². The van der Waals surface area contributed by atoms with Gasteiger partial charge in [0.2, 0.25) is 6.17 Å². The summed E-state index contributed by atoms with van der Waals surface area (Å²) in [5.41, 5.74) is 1.85. The van der Waals surface area contributed by atoms with Crippen molar-refractivity contribution in [2.75, 3.05) is 0 Å². The number of carbonyl (C=O) groups is 1. The second-order valence-corrected chi connectivity index (χ2v) is 4.90. The predicted molar refractivity (Wildman–Crippen MR) is 76.4 cm³/mol. The summed E-state index contributed by atoms with van der Waals surface area (Å²) < 4.78 is 13.9. The standard InChI is InChI=1S/C17H17FO2/c1-12(16(18)17(19)20)15(13-8-4-2-5-9-13)14-10-6-3-7-11-14/h2-12,15-16H,1H3,(H,19,20). The first-order chi connectivity index (χ1) is 9.61. The molecule has 0 aromatic heterocycles. The fourth-order valence-electron chi connectivity index (χ4n) is 2.51. The zero-order valence-corrected chi connectivity index (χ0v) is 11.2. The van der Waals surface area contributed by atoms with Crippen LogP contribution in [0, 0.1) is 5.92 Å². The number of halogens is 1. The zero-order valence-electron chi connectivity index (χ0n) is 11.2. The maximum absolute atomic E-state index is 13.9. The number of benzene rings is 2. The normalized spacial score (nSPS) is 13.9. The Labute approximate surface area is 117 Å². The third kappa shape index (κ3) is 3.05. The Morgan fingerprint density at radius 3 is 1.70 bits per heavy atom. The van der Waals surface area contributed by atoms with Crippen LogP contribution in [0.3, 0.4) is 0 Å². The van der Waals surface area contributed by atoms with Crippen LogP contribution in [0.15, 0.2) is 60.7 Å². The highest BCUT2D eigenvalue weighted by molar-refractivity contribution is 5.72. The summed E-state index contributed by atoms with van der Waals surface area (Å²) in [4.78, 5) is 10.9. The summed E-state index contributed by atoms with van der Waals surface area (Å²) in [6.07, 6.45) is -1.89. The number of carboxylic acid groups (broad SMARTS) is 1. The van der Waals surface area contributed by atoms with Crippen LogP contribution in [-0.4, -0.2) is 17.2 Å². The smallest absolute Gasteiger partial charge is 0.338 e. The maximum Gasteiger partial charge on any atom is 0.338 e. The van der Waals surface area contributed by atoms with Crippen LogP contribution >= 0.6 is 0 Å². The van der Waals surface area contributed by atoms with Crippen LogP contribution in [0.1, 0.15) is 24.0 Å². The molecule has 1 N–H and O–H groups in total. The van der Waals surface area contributed by atoms with E-state index >= 15 is 0 Å². The van der Waals surface area contributed by atoms with Crippen molar-refractivity contribution in [3.05, 3.63) is 71.8 Å². The molecule has 2 unspecified atom stereocenters. The number of rotatable bonds is 5. The zero-order chi connectivity index (χ0) is 14.5. The van der Waals surface area contributed by atoms with Gasteiger partial charge < -0.3 is 5.11 Å². The lowest BCUT2D eigenvalue weighted by Gasteiger charge is -2.26. The van der Waals surface area contributed by atoms with Crippen molar-refractivity contribution in [1.29, 1.82) is 0 Å².